The molecule has 0 radical (unpaired) electrons. The van der Waals surface area contributed by atoms with Crippen LogP contribution in [0.1, 0.15) is 27.4 Å². The topological polar surface area (TPSA) is 62.5 Å². The van der Waals surface area contributed by atoms with Gasteiger partial charge in [0.25, 0.3) is 0 Å². The molecule has 0 atom stereocenters. The van der Waals surface area contributed by atoms with Crippen LogP contribution in [0.25, 0.3) is 0 Å². The predicted molar refractivity (Wildman–Crippen MR) is 68.9 cm³/mol. The van der Waals surface area contributed by atoms with Crippen molar-refractivity contribution in [2.75, 3.05) is 5.32 Å². The normalized spacial score (nSPS) is 10.5. The van der Waals surface area contributed by atoms with Gasteiger partial charge in [0, 0.05) is 11.3 Å². The van der Waals surface area contributed by atoms with Crippen molar-refractivity contribution < 1.29 is 18.7 Å². The molecule has 0 aliphatic rings. The maximum atomic E-state index is 13.1. The van der Waals surface area contributed by atoms with E-state index in [1.54, 1.807) is 19.1 Å². The summed E-state index contributed by atoms with van der Waals surface area (Å²) in [7, 11) is 0. The highest BCUT2D eigenvalue weighted by Gasteiger charge is 2.14. The van der Waals surface area contributed by atoms with E-state index in [2.05, 4.69) is 5.32 Å². The molecule has 5 heteroatoms. The summed E-state index contributed by atoms with van der Waals surface area (Å²) in [6.45, 7) is 3.83. The SMILES string of the molecule is Cc1ccc(F)cc1NCc1cc(C)c(C(=O)O)o1. The first-order valence-corrected chi connectivity index (χ1v) is 5.80. The van der Waals surface area contributed by atoms with Crippen LogP contribution < -0.4 is 5.32 Å². The molecule has 4 nitrogen and oxygen atoms in total. The maximum absolute atomic E-state index is 13.1. The summed E-state index contributed by atoms with van der Waals surface area (Å²) in [6.07, 6.45) is 0. The highest BCUT2D eigenvalue weighted by Crippen LogP contribution is 2.19. The number of hydrogen-bond donors (Lipinski definition) is 2. The third-order valence-electron chi connectivity index (χ3n) is 2.82. The molecule has 0 saturated heterocycles. The minimum Gasteiger partial charge on any atom is -0.475 e. The number of anilines is 1. The van der Waals surface area contributed by atoms with Crippen molar-refractivity contribution in [3.05, 3.63) is 52.7 Å². The lowest BCUT2D eigenvalue weighted by Gasteiger charge is -2.07. The number of nitrogens with one attached hydrogen (secondary N) is 1. The average molecular weight is 263 g/mol. The molecule has 19 heavy (non-hydrogen) atoms. The van der Waals surface area contributed by atoms with Crippen LogP contribution in [-0.2, 0) is 6.54 Å². The minimum absolute atomic E-state index is 0.0623. The number of carbonyl (C=O) groups is 1. The second kappa shape index (κ2) is 5.14. The molecule has 2 N–H and O–H groups in total. The number of carboxylic acids is 1. The monoisotopic (exact) mass is 263 g/mol. The van der Waals surface area contributed by atoms with Crippen LogP contribution in [-0.4, -0.2) is 11.1 Å². The Morgan fingerprint density at radius 2 is 2.05 bits per heavy atom. The number of benzene rings is 1. The molecule has 1 aromatic carbocycles. The average Bonchev–Trinajstić information content (AvgIpc) is 2.72. The van der Waals surface area contributed by atoms with E-state index < -0.39 is 5.97 Å². The number of rotatable bonds is 4. The standard InChI is InChI=1S/C14H14FNO3/c1-8-3-4-10(15)6-12(8)16-7-11-5-9(2)13(19-11)14(17)18/h3-6,16H,7H2,1-2H3,(H,17,18). The fraction of sp³-hybridized carbons (Fsp3) is 0.214. The third kappa shape index (κ3) is 2.93. The van der Waals surface area contributed by atoms with Gasteiger partial charge in [0.1, 0.15) is 11.6 Å². The molecule has 2 aromatic rings. The highest BCUT2D eigenvalue weighted by molar-refractivity contribution is 5.86. The first-order chi connectivity index (χ1) is 8.97. The number of hydrogen-bond acceptors (Lipinski definition) is 3. The molecule has 1 aromatic heterocycles. The quantitative estimate of drug-likeness (QED) is 0.888. The molecule has 0 spiro atoms. The van der Waals surface area contributed by atoms with Gasteiger partial charge >= 0.3 is 5.97 Å². The van der Waals surface area contributed by atoms with Crippen molar-refractivity contribution in [3.8, 4) is 0 Å². The van der Waals surface area contributed by atoms with E-state index >= 15 is 0 Å². The molecule has 100 valence electrons. The zero-order valence-electron chi connectivity index (χ0n) is 10.7. The number of carboxylic acid groups (broad SMARTS) is 1. The Morgan fingerprint density at radius 1 is 1.32 bits per heavy atom. The zero-order chi connectivity index (χ0) is 14.0. The third-order valence-corrected chi connectivity index (χ3v) is 2.82. The Morgan fingerprint density at radius 3 is 2.68 bits per heavy atom. The van der Waals surface area contributed by atoms with E-state index in [0.29, 0.717) is 23.6 Å². The fourth-order valence-corrected chi connectivity index (χ4v) is 1.81. The van der Waals surface area contributed by atoms with Gasteiger partial charge in [0.2, 0.25) is 5.76 Å². The van der Waals surface area contributed by atoms with Crippen LogP contribution >= 0.6 is 0 Å². The molecule has 2 rings (SSSR count). The second-order valence-electron chi connectivity index (χ2n) is 4.34. The summed E-state index contributed by atoms with van der Waals surface area (Å²) in [5.74, 6) is -0.980. The number of aromatic carboxylic acids is 1. The summed E-state index contributed by atoms with van der Waals surface area (Å²) in [5.41, 5.74) is 2.13. The highest BCUT2D eigenvalue weighted by atomic mass is 19.1. The van der Waals surface area contributed by atoms with E-state index in [1.165, 1.54) is 12.1 Å². The van der Waals surface area contributed by atoms with Gasteiger partial charge in [-0.1, -0.05) is 6.07 Å². The van der Waals surface area contributed by atoms with Crippen molar-refractivity contribution in [1.29, 1.82) is 0 Å². The number of aryl methyl sites for hydroxylation is 2. The molecule has 0 unspecified atom stereocenters. The van der Waals surface area contributed by atoms with Gasteiger partial charge in [-0.15, -0.1) is 0 Å². The van der Waals surface area contributed by atoms with Crippen LogP contribution in [0.15, 0.2) is 28.7 Å². The summed E-state index contributed by atoms with van der Waals surface area (Å²) < 4.78 is 18.3. The van der Waals surface area contributed by atoms with E-state index in [4.69, 9.17) is 9.52 Å². The van der Waals surface area contributed by atoms with Gasteiger partial charge in [0.15, 0.2) is 0 Å². The van der Waals surface area contributed by atoms with E-state index in [-0.39, 0.29) is 11.6 Å². The molecule has 0 aliphatic heterocycles. The molecule has 0 aliphatic carbocycles. The first kappa shape index (κ1) is 13.1. The zero-order valence-corrected chi connectivity index (χ0v) is 10.7. The smallest absolute Gasteiger partial charge is 0.372 e. The Bertz CT molecular complexity index is 619. The minimum atomic E-state index is -1.09. The van der Waals surface area contributed by atoms with Crippen molar-refractivity contribution in [2.24, 2.45) is 0 Å². The van der Waals surface area contributed by atoms with Gasteiger partial charge in [-0.2, -0.15) is 0 Å². The Balaban J connectivity index is 2.12. The van der Waals surface area contributed by atoms with E-state index in [9.17, 15) is 9.18 Å². The first-order valence-electron chi connectivity index (χ1n) is 5.80. The van der Waals surface area contributed by atoms with Gasteiger partial charge in [-0.3, -0.25) is 0 Å². The van der Waals surface area contributed by atoms with Crippen molar-refractivity contribution in [3.63, 3.8) is 0 Å². The van der Waals surface area contributed by atoms with Crippen LogP contribution in [0.2, 0.25) is 0 Å². The van der Waals surface area contributed by atoms with Gasteiger partial charge in [-0.25, -0.2) is 9.18 Å². The predicted octanol–water partition coefficient (Wildman–Crippen LogP) is 3.35. The van der Waals surface area contributed by atoms with Gasteiger partial charge in [0.05, 0.1) is 6.54 Å². The summed E-state index contributed by atoms with van der Waals surface area (Å²) in [5, 5.41) is 11.9. The molecule has 0 amide bonds. The van der Waals surface area contributed by atoms with Crippen LogP contribution in [0.4, 0.5) is 10.1 Å². The Kier molecular flexibility index (Phi) is 3.55. The lowest BCUT2D eigenvalue weighted by atomic mass is 10.2. The van der Waals surface area contributed by atoms with E-state index in [1.807, 2.05) is 6.92 Å². The Labute approximate surface area is 109 Å². The molecular formula is C14H14FNO3. The number of furan rings is 1. The van der Waals surface area contributed by atoms with Crippen LogP contribution in [0.5, 0.6) is 0 Å². The van der Waals surface area contributed by atoms with E-state index in [0.717, 1.165) is 5.56 Å². The largest absolute Gasteiger partial charge is 0.475 e. The second-order valence-corrected chi connectivity index (χ2v) is 4.34. The van der Waals surface area contributed by atoms with Crippen LogP contribution in [0.3, 0.4) is 0 Å². The van der Waals surface area contributed by atoms with Gasteiger partial charge < -0.3 is 14.8 Å². The lowest BCUT2D eigenvalue weighted by molar-refractivity contribution is 0.0659. The molecular weight excluding hydrogens is 249 g/mol. The molecule has 0 saturated carbocycles. The summed E-state index contributed by atoms with van der Waals surface area (Å²) in [6, 6.07) is 6.11. The molecule has 0 bridgehead atoms. The van der Waals surface area contributed by atoms with Crippen molar-refractivity contribution >= 4 is 11.7 Å². The van der Waals surface area contributed by atoms with Crippen molar-refractivity contribution in [2.45, 2.75) is 20.4 Å². The number of halogens is 1. The molecule has 0 fully saturated rings. The summed E-state index contributed by atoms with van der Waals surface area (Å²) >= 11 is 0. The van der Waals surface area contributed by atoms with Crippen LogP contribution in [0, 0.1) is 19.7 Å². The Hall–Kier alpha value is -2.30. The summed E-state index contributed by atoms with van der Waals surface area (Å²) in [4.78, 5) is 10.8. The lowest BCUT2D eigenvalue weighted by Crippen LogP contribution is -2.00. The van der Waals surface area contributed by atoms with Crippen molar-refractivity contribution in [1.82, 2.24) is 0 Å². The fourth-order valence-electron chi connectivity index (χ4n) is 1.81. The molecule has 1 heterocycles. The van der Waals surface area contributed by atoms with Gasteiger partial charge in [-0.05, 0) is 37.6 Å². The maximum Gasteiger partial charge on any atom is 0.372 e.